The first-order chi connectivity index (χ1) is 14.9. The zero-order valence-corrected chi connectivity index (χ0v) is 18.5. The number of carbonyl (C=O) groups excluding carboxylic acids is 2. The molecule has 0 aromatic heterocycles. The first-order valence-corrected chi connectivity index (χ1v) is 10.5. The predicted molar refractivity (Wildman–Crippen MR) is 128 cm³/mol. The molecule has 31 heavy (non-hydrogen) atoms. The summed E-state index contributed by atoms with van der Waals surface area (Å²) >= 11 is 11.1. The van der Waals surface area contributed by atoms with Gasteiger partial charge in [-0.15, -0.1) is 0 Å². The lowest BCUT2D eigenvalue weighted by Crippen LogP contribution is -2.35. The first-order valence-electron chi connectivity index (χ1n) is 9.72. The van der Waals surface area contributed by atoms with E-state index in [2.05, 4.69) is 16.0 Å². The van der Waals surface area contributed by atoms with E-state index in [4.69, 9.17) is 23.8 Å². The number of amides is 2. The van der Waals surface area contributed by atoms with Gasteiger partial charge in [0.15, 0.2) is 5.11 Å². The molecule has 0 saturated heterocycles. The molecule has 2 amide bonds. The highest BCUT2D eigenvalue weighted by Gasteiger charge is 2.12. The molecule has 7 heteroatoms. The third kappa shape index (κ3) is 6.91. The number of rotatable bonds is 6. The Morgan fingerprint density at radius 1 is 0.935 bits per heavy atom. The van der Waals surface area contributed by atoms with Gasteiger partial charge < -0.3 is 16.0 Å². The molecular formula is C24H22ClN3O2S. The van der Waals surface area contributed by atoms with Crippen LogP contribution in [0.15, 0.2) is 78.9 Å². The minimum atomic E-state index is -0.231. The van der Waals surface area contributed by atoms with Crippen LogP contribution in [0.2, 0.25) is 5.02 Å². The number of carbonyl (C=O) groups is 2. The third-order valence-electron chi connectivity index (χ3n) is 4.58. The number of benzene rings is 3. The molecule has 3 aromatic carbocycles. The van der Waals surface area contributed by atoms with E-state index in [1.807, 2.05) is 37.3 Å². The SMILES string of the molecule is CC(NC(=O)c1ccc(NC(=S)NC(=O)Cc2ccc(Cl)cc2)cc1)c1ccccc1. The number of hydrogen-bond donors (Lipinski definition) is 3. The van der Waals surface area contributed by atoms with Gasteiger partial charge in [-0.05, 0) is 66.7 Å². The van der Waals surface area contributed by atoms with E-state index in [9.17, 15) is 9.59 Å². The van der Waals surface area contributed by atoms with Gasteiger partial charge in [-0.2, -0.15) is 0 Å². The Morgan fingerprint density at radius 3 is 2.23 bits per heavy atom. The molecule has 0 aliphatic heterocycles. The van der Waals surface area contributed by atoms with E-state index >= 15 is 0 Å². The summed E-state index contributed by atoms with van der Waals surface area (Å²) in [6.07, 6.45) is 0.192. The van der Waals surface area contributed by atoms with Crippen molar-refractivity contribution >= 4 is 46.4 Å². The average Bonchev–Trinajstić information content (AvgIpc) is 2.76. The predicted octanol–water partition coefficient (Wildman–Crippen LogP) is 4.89. The van der Waals surface area contributed by atoms with Crippen molar-refractivity contribution in [2.75, 3.05) is 5.32 Å². The van der Waals surface area contributed by atoms with Crippen molar-refractivity contribution < 1.29 is 9.59 Å². The maximum atomic E-state index is 12.5. The highest BCUT2D eigenvalue weighted by molar-refractivity contribution is 7.80. The molecule has 3 N–H and O–H groups in total. The van der Waals surface area contributed by atoms with Crippen LogP contribution in [0, 0.1) is 0 Å². The van der Waals surface area contributed by atoms with Crippen molar-refractivity contribution in [2.24, 2.45) is 0 Å². The van der Waals surface area contributed by atoms with Crippen LogP contribution in [0.1, 0.15) is 34.5 Å². The fourth-order valence-electron chi connectivity index (χ4n) is 2.93. The molecule has 158 valence electrons. The van der Waals surface area contributed by atoms with Gasteiger partial charge in [-0.3, -0.25) is 9.59 Å². The van der Waals surface area contributed by atoms with Crippen LogP contribution in [0.5, 0.6) is 0 Å². The van der Waals surface area contributed by atoms with E-state index in [0.29, 0.717) is 16.3 Å². The van der Waals surface area contributed by atoms with Crippen molar-refractivity contribution in [3.8, 4) is 0 Å². The molecule has 1 unspecified atom stereocenters. The quantitative estimate of drug-likeness (QED) is 0.467. The van der Waals surface area contributed by atoms with Crippen LogP contribution in [-0.2, 0) is 11.2 Å². The number of anilines is 1. The Morgan fingerprint density at radius 2 is 1.58 bits per heavy atom. The summed E-state index contributed by atoms with van der Waals surface area (Å²) in [6, 6.07) is 23.6. The monoisotopic (exact) mass is 451 g/mol. The van der Waals surface area contributed by atoms with Gasteiger partial charge in [0.2, 0.25) is 5.91 Å². The molecule has 0 spiro atoms. The van der Waals surface area contributed by atoms with E-state index < -0.39 is 0 Å². The standard InChI is InChI=1S/C24H22ClN3O2S/c1-16(18-5-3-2-4-6-18)26-23(30)19-9-13-21(14-10-19)27-24(31)28-22(29)15-17-7-11-20(25)12-8-17/h2-14,16H,15H2,1H3,(H,26,30)(H2,27,28,29,31). The van der Waals surface area contributed by atoms with Gasteiger partial charge in [0.05, 0.1) is 12.5 Å². The highest BCUT2D eigenvalue weighted by atomic mass is 35.5. The third-order valence-corrected chi connectivity index (χ3v) is 5.04. The normalized spacial score (nSPS) is 11.3. The van der Waals surface area contributed by atoms with Crippen molar-refractivity contribution in [1.29, 1.82) is 0 Å². The van der Waals surface area contributed by atoms with Gasteiger partial charge in [0.25, 0.3) is 5.91 Å². The van der Waals surface area contributed by atoms with Gasteiger partial charge in [-0.25, -0.2) is 0 Å². The van der Waals surface area contributed by atoms with Crippen molar-refractivity contribution in [3.63, 3.8) is 0 Å². The Hall–Kier alpha value is -3.22. The molecule has 0 heterocycles. The Bertz CT molecular complexity index is 1050. The van der Waals surface area contributed by atoms with Gasteiger partial charge in [-0.1, -0.05) is 54.1 Å². The van der Waals surface area contributed by atoms with Gasteiger partial charge >= 0.3 is 0 Å². The zero-order valence-electron chi connectivity index (χ0n) is 16.9. The summed E-state index contributed by atoms with van der Waals surface area (Å²) in [4.78, 5) is 24.6. The lowest BCUT2D eigenvalue weighted by Gasteiger charge is -2.15. The van der Waals surface area contributed by atoms with E-state index in [0.717, 1.165) is 11.1 Å². The molecule has 0 fully saturated rings. The van der Waals surface area contributed by atoms with Crippen LogP contribution in [0.25, 0.3) is 0 Å². The molecule has 0 saturated carbocycles. The summed E-state index contributed by atoms with van der Waals surface area (Å²) in [7, 11) is 0. The first kappa shape index (κ1) is 22.5. The fraction of sp³-hybridized carbons (Fsp3) is 0.125. The van der Waals surface area contributed by atoms with E-state index in [-0.39, 0.29) is 29.4 Å². The van der Waals surface area contributed by atoms with Crippen molar-refractivity contribution in [3.05, 3.63) is 101 Å². The lowest BCUT2D eigenvalue weighted by molar-refractivity contribution is -0.119. The van der Waals surface area contributed by atoms with Crippen molar-refractivity contribution in [2.45, 2.75) is 19.4 Å². The number of halogens is 1. The van der Waals surface area contributed by atoms with Crippen LogP contribution in [0.3, 0.4) is 0 Å². The molecule has 3 aromatic rings. The van der Waals surface area contributed by atoms with Crippen LogP contribution >= 0.6 is 23.8 Å². The number of thiocarbonyl (C=S) groups is 1. The van der Waals surface area contributed by atoms with Crippen LogP contribution in [-0.4, -0.2) is 16.9 Å². The summed E-state index contributed by atoms with van der Waals surface area (Å²) in [5.74, 6) is -0.396. The number of nitrogens with one attached hydrogen (secondary N) is 3. The van der Waals surface area contributed by atoms with Crippen molar-refractivity contribution in [1.82, 2.24) is 10.6 Å². The van der Waals surface area contributed by atoms with Crippen LogP contribution < -0.4 is 16.0 Å². The minimum absolute atomic E-state index is 0.102. The summed E-state index contributed by atoms with van der Waals surface area (Å²) in [5, 5.41) is 9.37. The Balaban J connectivity index is 1.50. The second-order valence-electron chi connectivity index (χ2n) is 6.99. The smallest absolute Gasteiger partial charge is 0.251 e. The van der Waals surface area contributed by atoms with Gasteiger partial charge in [0.1, 0.15) is 0 Å². The molecule has 5 nitrogen and oxygen atoms in total. The lowest BCUT2D eigenvalue weighted by atomic mass is 10.1. The van der Waals surface area contributed by atoms with Gasteiger partial charge in [0, 0.05) is 16.3 Å². The molecule has 3 rings (SSSR count). The second-order valence-corrected chi connectivity index (χ2v) is 7.83. The Kier molecular flexibility index (Phi) is 7.76. The zero-order chi connectivity index (χ0) is 22.2. The molecule has 0 bridgehead atoms. The molecule has 0 radical (unpaired) electrons. The fourth-order valence-corrected chi connectivity index (χ4v) is 3.29. The van der Waals surface area contributed by atoms with Crippen LogP contribution in [0.4, 0.5) is 5.69 Å². The summed E-state index contributed by atoms with van der Waals surface area (Å²) in [5.41, 5.74) is 3.08. The molecule has 1 atom stereocenters. The minimum Gasteiger partial charge on any atom is -0.346 e. The summed E-state index contributed by atoms with van der Waals surface area (Å²) in [6.45, 7) is 1.94. The molecular weight excluding hydrogens is 430 g/mol. The molecule has 0 aliphatic rings. The van der Waals surface area contributed by atoms with E-state index in [1.165, 1.54) is 0 Å². The second kappa shape index (κ2) is 10.7. The van der Waals surface area contributed by atoms with E-state index in [1.54, 1.807) is 48.5 Å². The topological polar surface area (TPSA) is 70.2 Å². The summed E-state index contributed by atoms with van der Waals surface area (Å²) < 4.78 is 0. The highest BCUT2D eigenvalue weighted by Crippen LogP contribution is 2.14. The maximum Gasteiger partial charge on any atom is 0.251 e. The average molecular weight is 452 g/mol. The largest absolute Gasteiger partial charge is 0.346 e. The molecule has 0 aliphatic carbocycles. The maximum absolute atomic E-state index is 12.5. The number of hydrogen-bond acceptors (Lipinski definition) is 3. The Labute approximate surface area is 191 Å².